The zero-order valence-electron chi connectivity index (χ0n) is 21.6. The Kier molecular flexibility index (Phi) is 7.57. The fourth-order valence-electron chi connectivity index (χ4n) is 5.04. The van der Waals surface area contributed by atoms with Crippen molar-refractivity contribution in [2.75, 3.05) is 37.3 Å². The number of hydrogen-bond acceptors (Lipinski definition) is 8. The number of nitro groups is 1. The van der Waals surface area contributed by atoms with Crippen molar-refractivity contribution in [2.45, 2.75) is 31.5 Å². The first-order valence-corrected chi connectivity index (χ1v) is 12.9. The fourth-order valence-corrected chi connectivity index (χ4v) is 5.04. The minimum atomic E-state index is -0.685. The van der Waals surface area contributed by atoms with Crippen LogP contribution in [0.2, 0.25) is 0 Å². The van der Waals surface area contributed by atoms with Crippen molar-refractivity contribution in [1.29, 1.82) is 0 Å². The molecule has 1 aromatic heterocycles. The number of pyridine rings is 1. The Morgan fingerprint density at radius 1 is 1.13 bits per heavy atom. The summed E-state index contributed by atoms with van der Waals surface area (Å²) in [6.07, 6.45) is 0.407. The highest BCUT2D eigenvalue weighted by atomic mass is 16.6. The second kappa shape index (κ2) is 11.4. The number of nitrogens with one attached hydrogen (secondary N) is 2. The molecule has 11 heteroatoms. The van der Waals surface area contributed by atoms with Crippen molar-refractivity contribution < 1.29 is 19.2 Å². The molecule has 39 heavy (non-hydrogen) atoms. The molecule has 2 atom stereocenters. The van der Waals surface area contributed by atoms with Gasteiger partial charge in [-0.25, -0.2) is 9.78 Å². The monoisotopic (exact) mass is 530 g/mol. The van der Waals surface area contributed by atoms with E-state index in [4.69, 9.17) is 9.72 Å². The van der Waals surface area contributed by atoms with Gasteiger partial charge in [0.15, 0.2) is 0 Å². The molecule has 2 aliphatic heterocycles. The summed E-state index contributed by atoms with van der Waals surface area (Å²) < 4.78 is 5.57. The number of aromatic nitrogens is 1. The van der Waals surface area contributed by atoms with Gasteiger partial charge >= 0.3 is 6.09 Å². The second-order valence-electron chi connectivity index (χ2n) is 9.69. The summed E-state index contributed by atoms with van der Waals surface area (Å²) in [6, 6.07) is 18.8. The van der Waals surface area contributed by atoms with Gasteiger partial charge in [0.25, 0.3) is 5.69 Å². The summed E-state index contributed by atoms with van der Waals surface area (Å²) in [4.78, 5) is 45.7. The molecule has 0 radical (unpaired) electrons. The Balaban J connectivity index is 1.43. The third-order valence-electron chi connectivity index (χ3n) is 6.99. The highest BCUT2D eigenvalue weighted by molar-refractivity contribution is 5.87. The summed E-state index contributed by atoms with van der Waals surface area (Å²) >= 11 is 0. The van der Waals surface area contributed by atoms with E-state index >= 15 is 0 Å². The lowest BCUT2D eigenvalue weighted by Crippen LogP contribution is -2.47. The SMILES string of the molecule is CN1CCCNc2c(cccc2[N+](=O)[O-])-c2cccc(n2)N[C@H]2C[C@@H](C1=O)N(C(=O)OCc1ccccc1)C2. The molecule has 2 aliphatic rings. The third-order valence-corrected chi connectivity index (χ3v) is 6.99. The van der Waals surface area contributed by atoms with E-state index < -0.39 is 17.1 Å². The van der Waals surface area contributed by atoms with Crippen molar-refractivity contribution in [3.8, 4) is 11.3 Å². The number of amides is 2. The number of carbonyl (C=O) groups is 2. The molecule has 2 N–H and O–H groups in total. The molecule has 0 unspecified atom stereocenters. The van der Waals surface area contributed by atoms with Crippen LogP contribution >= 0.6 is 0 Å². The number of likely N-dealkylation sites (N-methyl/N-ethyl adjacent to an activating group) is 1. The van der Waals surface area contributed by atoms with Crippen molar-refractivity contribution in [3.63, 3.8) is 0 Å². The Morgan fingerprint density at radius 3 is 2.72 bits per heavy atom. The van der Waals surface area contributed by atoms with Crippen LogP contribution in [0, 0.1) is 10.1 Å². The van der Waals surface area contributed by atoms with Crippen LogP contribution in [0.3, 0.4) is 0 Å². The lowest BCUT2D eigenvalue weighted by atomic mass is 10.1. The largest absolute Gasteiger partial charge is 0.445 e. The zero-order chi connectivity index (χ0) is 27.4. The normalized spacial score (nSPS) is 19.2. The first-order valence-electron chi connectivity index (χ1n) is 12.9. The van der Waals surface area contributed by atoms with Gasteiger partial charge in [0.1, 0.15) is 24.2 Å². The number of hydrogen-bond donors (Lipinski definition) is 2. The molecular weight excluding hydrogens is 500 g/mol. The van der Waals surface area contributed by atoms with Gasteiger partial charge in [-0.1, -0.05) is 48.5 Å². The lowest BCUT2D eigenvalue weighted by Gasteiger charge is -2.27. The van der Waals surface area contributed by atoms with E-state index in [1.807, 2.05) is 36.4 Å². The summed E-state index contributed by atoms with van der Waals surface area (Å²) in [5.74, 6) is 0.364. The van der Waals surface area contributed by atoms with Crippen molar-refractivity contribution in [2.24, 2.45) is 0 Å². The van der Waals surface area contributed by atoms with Crippen LogP contribution in [-0.4, -0.2) is 70.5 Å². The van der Waals surface area contributed by atoms with Crippen LogP contribution in [0.25, 0.3) is 11.3 Å². The van der Waals surface area contributed by atoms with E-state index in [0.717, 1.165) is 5.56 Å². The molecule has 11 nitrogen and oxygen atoms in total. The first kappa shape index (κ1) is 26.0. The molecule has 5 rings (SSSR count). The average Bonchev–Trinajstić information content (AvgIpc) is 3.37. The molecule has 0 spiro atoms. The van der Waals surface area contributed by atoms with Gasteiger partial charge in [0.05, 0.1) is 10.6 Å². The summed E-state index contributed by atoms with van der Waals surface area (Å²) in [5.41, 5.74) is 2.41. The number of nitrogens with zero attached hydrogens (tertiary/aromatic N) is 4. The van der Waals surface area contributed by atoms with Crippen LogP contribution in [0.4, 0.5) is 22.0 Å². The molecule has 202 valence electrons. The topological polar surface area (TPSA) is 130 Å². The summed E-state index contributed by atoms with van der Waals surface area (Å²) in [5, 5.41) is 18.3. The first-order chi connectivity index (χ1) is 18.9. The molecule has 3 aromatic rings. The number of fused-ring (bicyclic) bond motifs is 6. The van der Waals surface area contributed by atoms with Crippen LogP contribution in [0.15, 0.2) is 66.7 Å². The van der Waals surface area contributed by atoms with E-state index in [2.05, 4.69) is 10.6 Å². The molecule has 4 bridgehead atoms. The van der Waals surface area contributed by atoms with E-state index in [1.54, 1.807) is 36.2 Å². The maximum atomic E-state index is 13.5. The number of ether oxygens (including phenoxy) is 1. The minimum Gasteiger partial charge on any atom is -0.445 e. The van der Waals surface area contributed by atoms with Gasteiger partial charge in [-0.05, 0) is 30.5 Å². The van der Waals surface area contributed by atoms with Gasteiger partial charge in [0, 0.05) is 44.4 Å². The van der Waals surface area contributed by atoms with E-state index in [0.29, 0.717) is 48.7 Å². The fraction of sp³-hybridized carbons (Fsp3) is 0.321. The molecule has 0 aliphatic carbocycles. The lowest BCUT2D eigenvalue weighted by molar-refractivity contribution is -0.383. The maximum Gasteiger partial charge on any atom is 0.410 e. The number of anilines is 2. The zero-order valence-corrected chi connectivity index (χ0v) is 21.6. The Morgan fingerprint density at radius 2 is 1.92 bits per heavy atom. The number of rotatable bonds is 3. The van der Waals surface area contributed by atoms with E-state index in [1.165, 1.54) is 11.0 Å². The number of nitro benzene ring substituents is 1. The smallest absolute Gasteiger partial charge is 0.410 e. The summed E-state index contributed by atoms with van der Waals surface area (Å²) in [7, 11) is 1.70. The molecule has 3 heterocycles. The third kappa shape index (κ3) is 5.77. The highest BCUT2D eigenvalue weighted by Crippen LogP contribution is 2.35. The summed E-state index contributed by atoms with van der Waals surface area (Å²) in [6.45, 7) is 1.21. The predicted molar refractivity (Wildman–Crippen MR) is 146 cm³/mol. The Labute approximate surface area is 225 Å². The van der Waals surface area contributed by atoms with Gasteiger partial charge in [0.2, 0.25) is 5.91 Å². The van der Waals surface area contributed by atoms with Gasteiger partial charge in [-0.2, -0.15) is 0 Å². The second-order valence-corrected chi connectivity index (χ2v) is 9.69. The molecule has 0 saturated carbocycles. The minimum absolute atomic E-state index is 0.0369. The van der Waals surface area contributed by atoms with E-state index in [-0.39, 0.29) is 30.8 Å². The molecule has 2 amide bonds. The number of carbonyl (C=O) groups excluding carboxylic acids is 2. The molecule has 1 saturated heterocycles. The van der Waals surface area contributed by atoms with Crippen LogP contribution in [-0.2, 0) is 16.1 Å². The van der Waals surface area contributed by atoms with Gasteiger partial charge in [-0.3, -0.25) is 19.8 Å². The predicted octanol–water partition coefficient (Wildman–Crippen LogP) is 4.12. The highest BCUT2D eigenvalue weighted by Gasteiger charge is 2.42. The quantitative estimate of drug-likeness (QED) is 0.382. The molecule has 1 fully saturated rings. The van der Waals surface area contributed by atoms with Crippen LogP contribution < -0.4 is 10.6 Å². The number of para-hydroxylation sites is 1. The van der Waals surface area contributed by atoms with Crippen molar-refractivity contribution in [3.05, 3.63) is 82.4 Å². The average molecular weight is 531 g/mol. The molecule has 2 aromatic carbocycles. The maximum absolute atomic E-state index is 13.5. The number of benzene rings is 2. The Bertz CT molecular complexity index is 1370. The van der Waals surface area contributed by atoms with Crippen LogP contribution in [0.1, 0.15) is 18.4 Å². The number of likely N-dealkylation sites (tertiary alicyclic amines) is 1. The standard InChI is InChI=1S/C28H30N6O5/c1-32-15-7-14-29-26-21(10-5-12-23(26)34(37)38)22-11-6-13-25(31-22)30-20-16-24(27(32)35)33(17-20)28(36)39-18-19-8-3-2-4-9-19/h2-6,8-13,20,24,29H,7,14-18H2,1H3,(H,30,31)/t20-,24-/m0/s1. The Hall–Kier alpha value is -4.67. The van der Waals surface area contributed by atoms with Crippen molar-refractivity contribution >= 4 is 29.2 Å². The molecular formula is C28H30N6O5. The van der Waals surface area contributed by atoms with E-state index in [9.17, 15) is 19.7 Å². The van der Waals surface area contributed by atoms with Crippen molar-refractivity contribution in [1.82, 2.24) is 14.8 Å². The van der Waals surface area contributed by atoms with Crippen LogP contribution in [0.5, 0.6) is 0 Å². The van der Waals surface area contributed by atoms with Gasteiger partial charge in [-0.15, -0.1) is 0 Å². The van der Waals surface area contributed by atoms with Gasteiger partial charge < -0.3 is 20.3 Å².